The second kappa shape index (κ2) is 5.03. The molecule has 2 rings (SSSR count). The van der Waals surface area contributed by atoms with Crippen molar-refractivity contribution in [1.82, 2.24) is 0 Å². The predicted octanol–water partition coefficient (Wildman–Crippen LogP) is 3.10. The highest BCUT2D eigenvalue weighted by molar-refractivity contribution is 5.75. The first kappa shape index (κ1) is 15.3. The number of ether oxygens (including phenoxy) is 1. The van der Waals surface area contributed by atoms with E-state index in [0.717, 1.165) is 18.4 Å². The summed E-state index contributed by atoms with van der Waals surface area (Å²) in [4.78, 5) is 12.3. The molecule has 5 unspecified atom stereocenters. The van der Waals surface area contributed by atoms with Gasteiger partial charge in [0.2, 0.25) is 0 Å². The Hall–Kier alpha value is -1.09. The standard InChI is InChI=1S/C17H26O3/c1-11(2)14-13(15(18)20-5)12(3)17(19)10-8-6-7-9-16(14,17)4/h6-7,12-14,19H,1,8-10H2,2-5H3. The van der Waals surface area contributed by atoms with Gasteiger partial charge in [-0.3, -0.25) is 4.79 Å². The maximum Gasteiger partial charge on any atom is 0.309 e. The molecular formula is C17H26O3. The van der Waals surface area contributed by atoms with Crippen LogP contribution in [0.3, 0.4) is 0 Å². The number of carbonyl (C=O) groups is 1. The van der Waals surface area contributed by atoms with Crippen molar-refractivity contribution in [2.45, 2.75) is 45.6 Å². The van der Waals surface area contributed by atoms with Gasteiger partial charge in [0.1, 0.15) is 0 Å². The van der Waals surface area contributed by atoms with Gasteiger partial charge in [-0.2, -0.15) is 0 Å². The van der Waals surface area contributed by atoms with Gasteiger partial charge in [0, 0.05) is 11.3 Å². The van der Waals surface area contributed by atoms with Gasteiger partial charge in [0.25, 0.3) is 0 Å². The highest BCUT2D eigenvalue weighted by atomic mass is 16.5. The number of aliphatic hydroxyl groups is 1. The fourth-order valence-electron chi connectivity index (χ4n) is 4.66. The maximum absolute atomic E-state index is 12.3. The minimum absolute atomic E-state index is 0.0438. The van der Waals surface area contributed by atoms with Crippen LogP contribution in [0.15, 0.2) is 24.3 Å². The van der Waals surface area contributed by atoms with Gasteiger partial charge in [0.15, 0.2) is 0 Å². The predicted molar refractivity (Wildman–Crippen MR) is 79.0 cm³/mol. The van der Waals surface area contributed by atoms with Crippen LogP contribution in [0.4, 0.5) is 0 Å². The highest BCUT2D eigenvalue weighted by Gasteiger charge is 2.66. The third kappa shape index (κ3) is 1.86. The molecule has 0 heterocycles. The Bertz CT molecular complexity index is 453. The van der Waals surface area contributed by atoms with Crippen molar-refractivity contribution in [2.24, 2.45) is 23.2 Å². The minimum Gasteiger partial charge on any atom is -0.469 e. The Balaban J connectivity index is 2.56. The first-order chi connectivity index (χ1) is 9.29. The quantitative estimate of drug-likeness (QED) is 0.623. The number of rotatable bonds is 2. The molecule has 3 heteroatoms. The fourth-order valence-corrected chi connectivity index (χ4v) is 4.66. The molecule has 1 N–H and O–H groups in total. The monoisotopic (exact) mass is 278 g/mol. The molecule has 0 aromatic carbocycles. The van der Waals surface area contributed by atoms with Crippen LogP contribution in [0.25, 0.3) is 0 Å². The summed E-state index contributed by atoms with van der Waals surface area (Å²) in [5.74, 6) is -0.699. The molecule has 1 saturated carbocycles. The largest absolute Gasteiger partial charge is 0.469 e. The lowest BCUT2D eigenvalue weighted by atomic mass is 9.65. The van der Waals surface area contributed by atoms with E-state index in [1.54, 1.807) is 0 Å². The third-order valence-electron chi connectivity index (χ3n) is 5.73. The molecule has 20 heavy (non-hydrogen) atoms. The number of allylic oxidation sites excluding steroid dienone is 3. The molecule has 2 aliphatic carbocycles. The lowest BCUT2D eigenvalue weighted by Crippen LogP contribution is -2.47. The summed E-state index contributed by atoms with van der Waals surface area (Å²) in [6.07, 6.45) is 6.60. The molecule has 2 aliphatic rings. The molecule has 5 atom stereocenters. The number of fused-ring (bicyclic) bond motifs is 1. The van der Waals surface area contributed by atoms with Crippen molar-refractivity contribution < 1.29 is 14.6 Å². The van der Waals surface area contributed by atoms with E-state index in [4.69, 9.17) is 4.74 Å². The lowest BCUT2D eigenvalue weighted by molar-refractivity contribution is -0.149. The number of hydrogen-bond acceptors (Lipinski definition) is 3. The smallest absolute Gasteiger partial charge is 0.309 e. The SMILES string of the molecule is C=C(C)C1C(C(=O)OC)C(C)C2(O)CCC=CCC12C. The number of hydrogen-bond donors (Lipinski definition) is 1. The number of carbonyl (C=O) groups excluding carboxylic acids is 1. The summed E-state index contributed by atoms with van der Waals surface area (Å²) in [5, 5.41) is 11.4. The topological polar surface area (TPSA) is 46.5 Å². The van der Waals surface area contributed by atoms with Crippen molar-refractivity contribution in [3.05, 3.63) is 24.3 Å². The Labute approximate surface area is 121 Å². The average molecular weight is 278 g/mol. The van der Waals surface area contributed by atoms with Gasteiger partial charge in [-0.1, -0.05) is 38.2 Å². The molecule has 1 fully saturated rings. The zero-order valence-corrected chi connectivity index (χ0v) is 13.0. The molecule has 0 aliphatic heterocycles. The minimum atomic E-state index is -0.848. The van der Waals surface area contributed by atoms with E-state index in [1.807, 2.05) is 13.8 Å². The molecule has 0 spiro atoms. The van der Waals surface area contributed by atoms with Gasteiger partial charge < -0.3 is 9.84 Å². The lowest BCUT2D eigenvalue weighted by Gasteiger charge is -2.43. The van der Waals surface area contributed by atoms with Crippen molar-refractivity contribution >= 4 is 5.97 Å². The van der Waals surface area contributed by atoms with E-state index < -0.39 is 5.60 Å². The maximum atomic E-state index is 12.3. The van der Waals surface area contributed by atoms with Crippen LogP contribution in [0, 0.1) is 23.2 Å². The van der Waals surface area contributed by atoms with Crippen LogP contribution in [0.1, 0.15) is 40.0 Å². The highest BCUT2D eigenvalue weighted by Crippen LogP contribution is 2.63. The Morgan fingerprint density at radius 2 is 2.10 bits per heavy atom. The molecule has 112 valence electrons. The fraction of sp³-hybridized carbons (Fsp3) is 0.706. The van der Waals surface area contributed by atoms with Crippen LogP contribution in [0.5, 0.6) is 0 Å². The summed E-state index contributed by atoms with van der Waals surface area (Å²) in [6, 6.07) is 0. The second-order valence-electron chi connectivity index (χ2n) is 6.72. The van der Waals surface area contributed by atoms with Crippen molar-refractivity contribution in [2.75, 3.05) is 7.11 Å². The zero-order chi connectivity index (χ0) is 15.1. The third-order valence-corrected chi connectivity index (χ3v) is 5.73. The van der Waals surface area contributed by atoms with Crippen LogP contribution in [0.2, 0.25) is 0 Å². The summed E-state index contributed by atoms with van der Waals surface area (Å²) >= 11 is 0. The average Bonchev–Trinajstić information content (AvgIpc) is 2.51. The van der Waals surface area contributed by atoms with E-state index in [2.05, 4.69) is 25.7 Å². The van der Waals surface area contributed by atoms with Crippen molar-refractivity contribution in [1.29, 1.82) is 0 Å². The number of esters is 1. The molecule has 0 aromatic heterocycles. The molecule has 0 radical (unpaired) electrons. The Kier molecular flexibility index (Phi) is 3.85. The first-order valence-electron chi connectivity index (χ1n) is 7.40. The van der Waals surface area contributed by atoms with Crippen LogP contribution in [-0.4, -0.2) is 23.8 Å². The molecule has 3 nitrogen and oxygen atoms in total. The Morgan fingerprint density at radius 1 is 1.45 bits per heavy atom. The van der Waals surface area contributed by atoms with E-state index in [0.29, 0.717) is 6.42 Å². The summed E-state index contributed by atoms with van der Waals surface area (Å²) in [6.45, 7) is 10.1. The van der Waals surface area contributed by atoms with E-state index in [-0.39, 0.29) is 29.1 Å². The van der Waals surface area contributed by atoms with Crippen LogP contribution < -0.4 is 0 Å². The zero-order valence-electron chi connectivity index (χ0n) is 13.0. The molecular weight excluding hydrogens is 252 g/mol. The number of methoxy groups -OCH3 is 1. The van der Waals surface area contributed by atoms with E-state index >= 15 is 0 Å². The normalized spacial score (nSPS) is 43.8. The second-order valence-corrected chi connectivity index (χ2v) is 6.72. The molecule has 0 saturated heterocycles. The first-order valence-corrected chi connectivity index (χ1v) is 7.40. The van der Waals surface area contributed by atoms with Gasteiger partial charge in [-0.25, -0.2) is 0 Å². The van der Waals surface area contributed by atoms with Gasteiger partial charge in [0.05, 0.1) is 18.6 Å². The van der Waals surface area contributed by atoms with Gasteiger partial charge >= 0.3 is 5.97 Å². The van der Waals surface area contributed by atoms with Crippen molar-refractivity contribution in [3.8, 4) is 0 Å². The van der Waals surface area contributed by atoms with Crippen LogP contribution >= 0.6 is 0 Å². The summed E-state index contributed by atoms with van der Waals surface area (Å²) < 4.78 is 5.00. The van der Waals surface area contributed by atoms with E-state index in [9.17, 15) is 9.90 Å². The summed E-state index contributed by atoms with van der Waals surface area (Å²) in [7, 11) is 1.42. The summed E-state index contributed by atoms with van der Waals surface area (Å²) in [5.41, 5.74) is -0.246. The van der Waals surface area contributed by atoms with Crippen LogP contribution in [-0.2, 0) is 9.53 Å². The molecule has 0 bridgehead atoms. The van der Waals surface area contributed by atoms with E-state index in [1.165, 1.54) is 7.11 Å². The van der Waals surface area contributed by atoms with Gasteiger partial charge in [-0.05, 0) is 32.1 Å². The molecule has 0 amide bonds. The Morgan fingerprint density at radius 3 is 2.65 bits per heavy atom. The van der Waals surface area contributed by atoms with Crippen molar-refractivity contribution in [3.63, 3.8) is 0 Å². The molecule has 0 aromatic rings. The van der Waals surface area contributed by atoms with Gasteiger partial charge in [-0.15, -0.1) is 0 Å².